The smallest absolute Gasteiger partial charge is 0.170 e. The maximum Gasteiger partial charge on any atom is 0.170 e. The molecule has 1 heterocycles. The molecule has 0 aromatic heterocycles. The molecule has 1 aromatic rings. The highest BCUT2D eigenvalue weighted by atomic mass is 16.4. The van der Waals surface area contributed by atoms with Gasteiger partial charge in [0.1, 0.15) is 0 Å². The van der Waals surface area contributed by atoms with Gasteiger partial charge in [-0.2, -0.15) is 0 Å². The predicted octanol–water partition coefficient (Wildman–Crippen LogP) is 1.60. The van der Waals surface area contributed by atoms with E-state index in [4.69, 9.17) is 10.9 Å². The molecule has 1 aliphatic heterocycles. The summed E-state index contributed by atoms with van der Waals surface area (Å²) in [5.74, 6) is 0.877. The van der Waals surface area contributed by atoms with Crippen LogP contribution in [0.2, 0.25) is 0 Å². The van der Waals surface area contributed by atoms with Crippen LogP contribution in [0.25, 0.3) is 0 Å². The van der Waals surface area contributed by atoms with Gasteiger partial charge < -0.3 is 21.2 Å². The number of oxime groups is 1. The van der Waals surface area contributed by atoms with E-state index in [-0.39, 0.29) is 5.84 Å². The Morgan fingerprint density at radius 1 is 1.48 bits per heavy atom. The molecule has 21 heavy (non-hydrogen) atoms. The maximum atomic E-state index is 8.83. The molecule has 0 aliphatic carbocycles. The number of nitrogens with two attached hydrogens (primary N) is 1. The molecule has 0 radical (unpaired) electrons. The number of nitrogens with one attached hydrogen (secondary N) is 1. The van der Waals surface area contributed by atoms with Gasteiger partial charge in [-0.3, -0.25) is 0 Å². The van der Waals surface area contributed by atoms with Gasteiger partial charge >= 0.3 is 0 Å². The van der Waals surface area contributed by atoms with Crippen molar-refractivity contribution >= 4 is 5.84 Å². The first-order valence-electron chi connectivity index (χ1n) is 7.62. The summed E-state index contributed by atoms with van der Waals surface area (Å²) in [7, 11) is 0. The van der Waals surface area contributed by atoms with E-state index in [1.165, 1.54) is 19.5 Å². The third-order valence-electron chi connectivity index (χ3n) is 4.20. The van der Waals surface area contributed by atoms with Crippen molar-refractivity contribution in [1.29, 1.82) is 0 Å². The largest absolute Gasteiger partial charge is 0.409 e. The number of amidine groups is 1. The van der Waals surface area contributed by atoms with E-state index in [1.54, 1.807) is 0 Å². The van der Waals surface area contributed by atoms with Crippen LogP contribution >= 0.6 is 0 Å². The highest BCUT2D eigenvalue weighted by Gasteiger charge is 2.23. The summed E-state index contributed by atoms with van der Waals surface area (Å²) in [5, 5.41) is 15.4. The molecule has 2 rings (SSSR count). The molecular weight excluding hydrogens is 264 g/mol. The Balaban J connectivity index is 1.85. The Hall–Kier alpha value is -1.59. The monoisotopic (exact) mass is 290 g/mol. The number of likely N-dealkylation sites (tertiary alicyclic amines) is 1. The van der Waals surface area contributed by atoms with Crippen LogP contribution in [0.3, 0.4) is 0 Å². The summed E-state index contributed by atoms with van der Waals surface area (Å²) in [6.07, 6.45) is 1.26. The second-order valence-electron chi connectivity index (χ2n) is 6.02. The van der Waals surface area contributed by atoms with Crippen molar-refractivity contribution in [1.82, 2.24) is 10.2 Å². The second-order valence-corrected chi connectivity index (χ2v) is 6.02. The Bertz CT molecular complexity index is 487. The van der Waals surface area contributed by atoms with Crippen LogP contribution in [0.5, 0.6) is 0 Å². The van der Waals surface area contributed by atoms with Crippen molar-refractivity contribution in [3.63, 3.8) is 0 Å². The van der Waals surface area contributed by atoms with Crippen molar-refractivity contribution in [3.8, 4) is 0 Å². The fraction of sp³-hybridized carbons (Fsp3) is 0.562. The standard InChI is InChI=1S/C16H26N4O/c1-12(2)20-8-7-13(11-20)9-18-10-14-5-3-4-6-15(14)16(17)19-21/h3-6,12-13,18,21H,7-11H2,1-2H3,(H2,17,19). The van der Waals surface area contributed by atoms with Gasteiger partial charge in [-0.15, -0.1) is 0 Å². The number of hydrogen-bond donors (Lipinski definition) is 3. The van der Waals surface area contributed by atoms with E-state index in [9.17, 15) is 0 Å². The summed E-state index contributed by atoms with van der Waals surface area (Å²) < 4.78 is 0. The first kappa shape index (κ1) is 15.8. The topological polar surface area (TPSA) is 73.9 Å². The molecule has 0 bridgehead atoms. The zero-order chi connectivity index (χ0) is 15.2. The van der Waals surface area contributed by atoms with Crippen LogP contribution in [-0.4, -0.2) is 41.6 Å². The van der Waals surface area contributed by atoms with E-state index >= 15 is 0 Å². The third kappa shape index (κ3) is 4.19. The minimum absolute atomic E-state index is 0.166. The predicted molar refractivity (Wildman–Crippen MR) is 85.5 cm³/mol. The van der Waals surface area contributed by atoms with Gasteiger partial charge in [0, 0.05) is 24.7 Å². The quantitative estimate of drug-likeness (QED) is 0.322. The molecule has 5 nitrogen and oxygen atoms in total. The van der Waals surface area contributed by atoms with Crippen molar-refractivity contribution in [2.45, 2.75) is 32.9 Å². The maximum absolute atomic E-state index is 8.83. The lowest BCUT2D eigenvalue weighted by molar-refractivity contribution is 0.264. The Kier molecular flexibility index (Phi) is 5.59. The van der Waals surface area contributed by atoms with Crippen LogP contribution in [0, 0.1) is 5.92 Å². The number of benzene rings is 1. The Morgan fingerprint density at radius 3 is 2.90 bits per heavy atom. The van der Waals surface area contributed by atoms with Gasteiger partial charge in [-0.1, -0.05) is 29.4 Å². The first-order chi connectivity index (χ1) is 10.1. The van der Waals surface area contributed by atoms with E-state index < -0.39 is 0 Å². The molecule has 4 N–H and O–H groups in total. The van der Waals surface area contributed by atoms with Crippen molar-refractivity contribution in [2.75, 3.05) is 19.6 Å². The van der Waals surface area contributed by atoms with E-state index in [0.717, 1.165) is 24.2 Å². The van der Waals surface area contributed by atoms with E-state index in [0.29, 0.717) is 12.0 Å². The summed E-state index contributed by atoms with van der Waals surface area (Å²) in [5.41, 5.74) is 7.56. The molecule has 5 heteroatoms. The molecular formula is C16H26N4O. The van der Waals surface area contributed by atoms with Gasteiger partial charge in [0.2, 0.25) is 0 Å². The van der Waals surface area contributed by atoms with Crippen LogP contribution < -0.4 is 11.1 Å². The molecule has 0 amide bonds. The van der Waals surface area contributed by atoms with Crippen LogP contribution in [0.15, 0.2) is 29.4 Å². The van der Waals surface area contributed by atoms with Gasteiger partial charge in [-0.25, -0.2) is 0 Å². The Labute approximate surface area is 126 Å². The molecule has 1 aromatic carbocycles. The van der Waals surface area contributed by atoms with Gasteiger partial charge in [0.25, 0.3) is 0 Å². The fourth-order valence-corrected chi connectivity index (χ4v) is 2.89. The molecule has 1 saturated heterocycles. The summed E-state index contributed by atoms with van der Waals surface area (Å²) in [6, 6.07) is 8.39. The summed E-state index contributed by atoms with van der Waals surface area (Å²) in [4.78, 5) is 2.52. The SMILES string of the molecule is CC(C)N1CCC(CNCc2ccccc2C(N)=NO)C1. The molecule has 1 aliphatic rings. The van der Waals surface area contributed by atoms with Crippen LogP contribution in [0.1, 0.15) is 31.4 Å². The van der Waals surface area contributed by atoms with Crippen molar-refractivity contribution in [2.24, 2.45) is 16.8 Å². The minimum Gasteiger partial charge on any atom is -0.409 e. The zero-order valence-electron chi connectivity index (χ0n) is 12.9. The van der Waals surface area contributed by atoms with Crippen LogP contribution in [-0.2, 0) is 6.54 Å². The van der Waals surface area contributed by atoms with Gasteiger partial charge in [0.15, 0.2) is 5.84 Å². The third-order valence-corrected chi connectivity index (χ3v) is 4.20. The van der Waals surface area contributed by atoms with Crippen molar-refractivity contribution in [3.05, 3.63) is 35.4 Å². The fourth-order valence-electron chi connectivity index (χ4n) is 2.89. The summed E-state index contributed by atoms with van der Waals surface area (Å²) >= 11 is 0. The lowest BCUT2D eigenvalue weighted by Gasteiger charge is -2.20. The zero-order valence-corrected chi connectivity index (χ0v) is 12.9. The normalized spacial score (nSPS) is 20.3. The van der Waals surface area contributed by atoms with Crippen LogP contribution in [0.4, 0.5) is 0 Å². The molecule has 1 fully saturated rings. The van der Waals surface area contributed by atoms with Crippen molar-refractivity contribution < 1.29 is 5.21 Å². The van der Waals surface area contributed by atoms with Gasteiger partial charge in [-0.05, 0) is 44.8 Å². The highest BCUT2D eigenvalue weighted by Crippen LogP contribution is 2.18. The lowest BCUT2D eigenvalue weighted by Crippen LogP contribution is -2.30. The average Bonchev–Trinajstić information content (AvgIpc) is 2.96. The lowest BCUT2D eigenvalue weighted by atomic mass is 10.1. The molecule has 1 unspecified atom stereocenters. The first-order valence-corrected chi connectivity index (χ1v) is 7.62. The number of nitrogens with zero attached hydrogens (tertiary/aromatic N) is 2. The van der Waals surface area contributed by atoms with E-state index in [1.807, 2.05) is 24.3 Å². The van der Waals surface area contributed by atoms with Gasteiger partial charge in [0.05, 0.1) is 0 Å². The summed E-state index contributed by atoms with van der Waals surface area (Å²) in [6.45, 7) is 8.63. The molecule has 0 saturated carbocycles. The minimum atomic E-state index is 0.166. The van der Waals surface area contributed by atoms with E-state index in [2.05, 4.69) is 29.2 Å². The Morgan fingerprint density at radius 2 is 2.24 bits per heavy atom. The average molecular weight is 290 g/mol. The highest BCUT2D eigenvalue weighted by molar-refractivity contribution is 5.98. The molecule has 1 atom stereocenters. The number of hydrogen-bond acceptors (Lipinski definition) is 4. The molecule has 0 spiro atoms. The second kappa shape index (κ2) is 7.43. The number of rotatable bonds is 6. The molecule has 116 valence electrons.